The van der Waals surface area contributed by atoms with Crippen molar-refractivity contribution >= 4 is 38.4 Å². The number of hydrogen-bond acceptors (Lipinski definition) is 2. The number of aromatic nitrogens is 2. The first-order chi connectivity index (χ1) is 5.77. The number of hydrogen-bond donors (Lipinski definition) is 0. The fourth-order valence-corrected chi connectivity index (χ4v) is 1.50. The molecule has 0 N–H and O–H groups in total. The second-order valence-electron chi connectivity index (χ2n) is 2.32. The van der Waals surface area contributed by atoms with Crippen molar-refractivity contribution in [2.45, 2.75) is 0 Å². The molecule has 0 fully saturated rings. The molecule has 2 aromatic rings. The summed E-state index contributed by atoms with van der Waals surface area (Å²) in [5, 5.41) is 1.60. The summed E-state index contributed by atoms with van der Waals surface area (Å²) in [5.74, 6) is 0. The lowest BCUT2D eigenvalue weighted by atomic mass is 10.2. The molecule has 2 rings (SSSR count). The summed E-state index contributed by atoms with van der Waals surface area (Å²) in [6, 6.07) is 5.61. The van der Waals surface area contributed by atoms with Crippen molar-refractivity contribution < 1.29 is 0 Å². The lowest BCUT2D eigenvalue weighted by molar-refractivity contribution is 1.16. The van der Waals surface area contributed by atoms with E-state index in [9.17, 15) is 0 Å². The smallest absolute Gasteiger partial charge is 0.197 e. The van der Waals surface area contributed by atoms with E-state index in [4.69, 9.17) is 11.6 Å². The normalized spacial score (nSPS) is 10.5. The molecule has 12 heavy (non-hydrogen) atoms. The maximum Gasteiger partial charge on any atom is 0.197 e. The predicted octanol–water partition coefficient (Wildman–Crippen LogP) is 3.05. The third-order valence-corrected chi connectivity index (χ3v) is 2.22. The molecule has 1 aromatic heterocycles. The topological polar surface area (TPSA) is 25.8 Å². The van der Waals surface area contributed by atoms with E-state index in [0.717, 1.165) is 10.9 Å². The van der Waals surface area contributed by atoms with Gasteiger partial charge in [0, 0.05) is 11.6 Å². The molecule has 0 radical (unpaired) electrons. The van der Waals surface area contributed by atoms with E-state index in [-0.39, 0.29) is 0 Å². The van der Waals surface area contributed by atoms with Gasteiger partial charge in [0.15, 0.2) is 4.73 Å². The van der Waals surface area contributed by atoms with Crippen LogP contribution in [0.25, 0.3) is 10.9 Å². The van der Waals surface area contributed by atoms with Gasteiger partial charge in [0.1, 0.15) is 0 Å². The van der Waals surface area contributed by atoms with Gasteiger partial charge >= 0.3 is 0 Å². The first-order valence-electron chi connectivity index (χ1n) is 3.34. The summed E-state index contributed by atoms with van der Waals surface area (Å²) in [6.45, 7) is 0. The van der Waals surface area contributed by atoms with Crippen molar-refractivity contribution in [3.8, 4) is 0 Å². The van der Waals surface area contributed by atoms with Gasteiger partial charge in [-0.05, 0) is 22.0 Å². The van der Waals surface area contributed by atoms with E-state index >= 15 is 0 Å². The Morgan fingerprint density at radius 1 is 1.33 bits per heavy atom. The molecule has 0 spiro atoms. The van der Waals surface area contributed by atoms with Crippen LogP contribution in [0.3, 0.4) is 0 Å². The highest BCUT2D eigenvalue weighted by molar-refractivity contribution is 9.10. The van der Waals surface area contributed by atoms with Crippen LogP contribution in [-0.4, -0.2) is 9.97 Å². The number of rotatable bonds is 0. The summed E-state index contributed by atoms with van der Waals surface area (Å²) < 4.78 is 0.558. The van der Waals surface area contributed by atoms with Crippen LogP contribution in [0, 0.1) is 0 Å². The van der Waals surface area contributed by atoms with Crippen molar-refractivity contribution in [3.05, 3.63) is 34.2 Å². The molecule has 2 nitrogen and oxygen atoms in total. The molecule has 0 saturated heterocycles. The third-order valence-electron chi connectivity index (χ3n) is 1.53. The van der Waals surface area contributed by atoms with Gasteiger partial charge in [-0.25, -0.2) is 9.97 Å². The molecule has 1 aromatic carbocycles. The number of halogens is 2. The van der Waals surface area contributed by atoms with Gasteiger partial charge in [0.25, 0.3) is 0 Å². The van der Waals surface area contributed by atoms with E-state index in [2.05, 4.69) is 25.9 Å². The monoisotopic (exact) mass is 242 g/mol. The zero-order valence-electron chi connectivity index (χ0n) is 5.96. The molecule has 4 heteroatoms. The fraction of sp³-hybridized carbons (Fsp3) is 0. The van der Waals surface area contributed by atoms with Crippen LogP contribution in [0.2, 0.25) is 5.02 Å². The van der Waals surface area contributed by atoms with Crippen LogP contribution in [0.5, 0.6) is 0 Å². The lowest BCUT2D eigenvalue weighted by Crippen LogP contribution is -1.84. The van der Waals surface area contributed by atoms with Gasteiger partial charge in [-0.2, -0.15) is 0 Å². The molecule has 0 amide bonds. The maximum atomic E-state index is 5.92. The minimum Gasteiger partial charge on any atom is -0.230 e. The first-order valence-corrected chi connectivity index (χ1v) is 4.51. The summed E-state index contributed by atoms with van der Waals surface area (Å²) in [7, 11) is 0. The Morgan fingerprint density at radius 2 is 2.17 bits per heavy atom. The molecule has 0 aliphatic carbocycles. The first kappa shape index (κ1) is 7.95. The van der Waals surface area contributed by atoms with Crippen LogP contribution in [0.4, 0.5) is 0 Å². The third kappa shape index (κ3) is 1.30. The number of fused-ring (bicyclic) bond motifs is 1. The Bertz CT molecular complexity index is 430. The Kier molecular flexibility index (Phi) is 1.98. The lowest BCUT2D eigenvalue weighted by Gasteiger charge is -1.97. The zero-order valence-corrected chi connectivity index (χ0v) is 8.30. The summed E-state index contributed by atoms with van der Waals surface area (Å²) in [4.78, 5) is 8.14. The molecule has 0 aliphatic heterocycles. The van der Waals surface area contributed by atoms with Crippen molar-refractivity contribution in [2.24, 2.45) is 0 Å². The molecule has 0 aliphatic rings. The van der Waals surface area contributed by atoms with Gasteiger partial charge in [-0.1, -0.05) is 23.7 Å². The molecule has 60 valence electrons. The maximum absolute atomic E-state index is 5.92. The molecular formula is C8H4BrClN2. The second kappa shape index (κ2) is 2.99. The van der Waals surface area contributed by atoms with Gasteiger partial charge < -0.3 is 0 Å². The van der Waals surface area contributed by atoms with Gasteiger partial charge in [-0.3, -0.25) is 0 Å². The molecular weight excluding hydrogens is 239 g/mol. The SMILES string of the molecule is Clc1cccc2cnc(Br)nc12. The predicted molar refractivity (Wildman–Crippen MR) is 52.2 cm³/mol. The van der Waals surface area contributed by atoms with E-state index in [1.807, 2.05) is 18.2 Å². The average molecular weight is 243 g/mol. The zero-order chi connectivity index (χ0) is 8.55. The van der Waals surface area contributed by atoms with Crippen molar-refractivity contribution in [1.82, 2.24) is 9.97 Å². The number of benzene rings is 1. The van der Waals surface area contributed by atoms with Gasteiger partial charge in [-0.15, -0.1) is 0 Å². The van der Waals surface area contributed by atoms with Crippen molar-refractivity contribution in [2.75, 3.05) is 0 Å². The summed E-state index contributed by atoms with van der Waals surface area (Å²) in [6.07, 6.45) is 1.73. The summed E-state index contributed by atoms with van der Waals surface area (Å²) >= 11 is 9.10. The Morgan fingerprint density at radius 3 is 3.00 bits per heavy atom. The fourth-order valence-electron chi connectivity index (χ4n) is 0.998. The van der Waals surface area contributed by atoms with Crippen molar-refractivity contribution in [1.29, 1.82) is 0 Å². The Balaban J connectivity index is 2.88. The van der Waals surface area contributed by atoms with E-state index in [1.165, 1.54) is 0 Å². The number of nitrogens with zero attached hydrogens (tertiary/aromatic N) is 2. The minimum absolute atomic E-state index is 0.558. The molecule has 0 unspecified atom stereocenters. The van der Waals surface area contributed by atoms with Crippen LogP contribution in [-0.2, 0) is 0 Å². The Hall–Kier alpha value is -0.670. The highest BCUT2D eigenvalue weighted by Gasteiger charge is 2.00. The van der Waals surface area contributed by atoms with E-state index in [1.54, 1.807) is 6.20 Å². The summed E-state index contributed by atoms with van der Waals surface area (Å²) in [5.41, 5.74) is 0.779. The quantitative estimate of drug-likeness (QED) is 0.665. The van der Waals surface area contributed by atoms with Gasteiger partial charge in [0.05, 0.1) is 10.5 Å². The van der Waals surface area contributed by atoms with E-state index in [0.29, 0.717) is 9.76 Å². The van der Waals surface area contributed by atoms with Gasteiger partial charge in [0.2, 0.25) is 0 Å². The van der Waals surface area contributed by atoms with Crippen LogP contribution in [0.1, 0.15) is 0 Å². The van der Waals surface area contributed by atoms with Crippen LogP contribution >= 0.6 is 27.5 Å². The largest absolute Gasteiger partial charge is 0.230 e. The average Bonchev–Trinajstić information content (AvgIpc) is 2.07. The number of para-hydroxylation sites is 1. The molecule has 0 bridgehead atoms. The molecule has 1 heterocycles. The van der Waals surface area contributed by atoms with E-state index < -0.39 is 0 Å². The Labute approximate surface area is 82.7 Å². The molecule has 0 atom stereocenters. The molecule has 0 saturated carbocycles. The highest BCUT2D eigenvalue weighted by Crippen LogP contribution is 2.21. The second-order valence-corrected chi connectivity index (χ2v) is 3.43. The standard InChI is InChI=1S/C8H4BrClN2/c9-8-11-4-5-2-1-3-6(10)7(5)12-8/h1-4H. The van der Waals surface area contributed by atoms with Crippen LogP contribution < -0.4 is 0 Å². The highest BCUT2D eigenvalue weighted by atomic mass is 79.9. The minimum atomic E-state index is 0.558. The van der Waals surface area contributed by atoms with Crippen LogP contribution in [0.15, 0.2) is 29.1 Å². The van der Waals surface area contributed by atoms with Crippen molar-refractivity contribution in [3.63, 3.8) is 0 Å².